The molecule has 0 fully saturated rings. The Bertz CT molecular complexity index is 1470. The average molecular weight is 511 g/mol. The summed E-state index contributed by atoms with van der Waals surface area (Å²) in [6, 6.07) is 12.5. The zero-order valence-corrected chi connectivity index (χ0v) is 21.8. The smallest absolute Gasteiger partial charge is 0.338 e. The van der Waals surface area contributed by atoms with Crippen LogP contribution >= 0.6 is 23.1 Å². The summed E-state index contributed by atoms with van der Waals surface area (Å²) in [7, 11) is 3.11. The Morgan fingerprint density at radius 3 is 2.54 bits per heavy atom. The second-order valence-electron chi connectivity index (χ2n) is 7.68. The normalized spacial score (nSPS) is 15.5. The molecule has 2 aromatic carbocycles. The van der Waals surface area contributed by atoms with Crippen LogP contribution in [0.2, 0.25) is 0 Å². The molecule has 0 unspecified atom stereocenters. The van der Waals surface area contributed by atoms with E-state index >= 15 is 0 Å². The number of methoxy groups -OCH3 is 2. The highest BCUT2D eigenvalue weighted by Gasteiger charge is 2.35. The number of fused-ring (bicyclic) bond motifs is 1. The van der Waals surface area contributed by atoms with Gasteiger partial charge in [-0.3, -0.25) is 9.36 Å². The molecule has 9 heteroatoms. The number of hydrogen-bond acceptors (Lipinski definition) is 8. The van der Waals surface area contributed by atoms with Crippen LogP contribution in [0.4, 0.5) is 0 Å². The lowest BCUT2D eigenvalue weighted by atomic mass is 9.95. The predicted octanol–water partition coefficient (Wildman–Crippen LogP) is 3.54. The molecule has 1 atom stereocenters. The van der Waals surface area contributed by atoms with E-state index in [1.54, 1.807) is 62.6 Å². The van der Waals surface area contributed by atoms with Crippen molar-refractivity contribution in [1.82, 2.24) is 4.57 Å². The SMILES string of the molecule is CCOC(=O)C1=C(C)N=c2s/c(=C\c3ccc(SC)cc3)c(=O)n2[C@@H]1c1ccc(OC)cc1OC. The first-order chi connectivity index (χ1) is 16.9. The van der Waals surface area contributed by atoms with Crippen molar-refractivity contribution in [3.8, 4) is 11.5 Å². The summed E-state index contributed by atoms with van der Waals surface area (Å²) in [5, 5.41) is 0. The van der Waals surface area contributed by atoms with Crippen LogP contribution in [0.15, 0.2) is 68.4 Å². The van der Waals surface area contributed by atoms with Crippen molar-refractivity contribution in [1.29, 1.82) is 0 Å². The molecule has 7 nitrogen and oxygen atoms in total. The minimum atomic E-state index is -0.757. The number of ether oxygens (including phenoxy) is 3. The summed E-state index contributed by atoms with van der Waals surface area (Å²) in [4.78, 5) is 33.1. The molecule has 182 valence electrons. The molecular weight excluding hydrogens is 484 g/mol. The van der Waals surface area contributed by atoms with Gasteiger partial charge in [-0.25, -0.2) is 9.79 Å². The molecule has 0 bridgehead atoms. The number of carbonyl (C=O) groups is 1. The van der Waals surface area contributed by atoms with E-state index < -0.39 is 12.0 Å². The topological polar surface area (TPSA) is 79.1 Å². The van der Waals surface area contributed by atoms with Crippen molar-refractivity contribution in [2.75, 3.05) is 27.1 Å². The fraction of sp³-hybridized carbons (Fsp3) is 0.269. The van der Waals surface area contributed by atoms with E-state index in [1.807, 2.05) is 36.6 Å². The number of thioether (sulfide) groups is 1. The molecule has 3 aromatic rings. The lowest BCUT2D eigenvalue weighted by molar-refractivity contribution is -0.139. The molecule has 1 aliphatic heterocycles. The van der Waals surface area contributed by atoms with E-state index in [0.717, 1.165) is 10.5 Å². The maximum atomic E-state index is 13.7. The van der Waals surface area contributed by atoms with Gasteiger partial charge in [-0.15, -0.1) is 11.8 Å². The first kappa shape index (κ1) is 24.8. The molecule has 4 rings (SSSR count). The zero-order chi connectivity index (χ0) is 25.1. The maximum Gasteiger partial charge on any atom is 0.338 e. The van der Waals surface area contributed by atoms with Gasteiger partial charge in [0.05, 0.1) is 36.6 Å². The van der Waals surface area contributed by atoms with Crippen LogP contribution in [-0.4, -0.2) is 37.6 Å². The fourth-order valence-corrected chi connectivity index (χ4v) is 5.44. The van der Waals surface area contributed by atoms with Crippen LogP contribution in [0.5, 0.6) is 11.5 Å². The van der Waals surface area contributed by atoms with Gasteiger partial charge in [-0.2, -0.15) is 0 Å². The van der Waals surface area contributed by atoms with Crippen molar-refractivity contribution in [2.45, 2.75) is 24.8 Å². The van der Waals surface area contributed by atoms with Crippen molar-refractivity contribution < 1.29 is 19.0 Å². The van der Waals surface area contributed by atoms with E-state index in [4.69, 9.17) is 14.2 Å². The van der Waals surface area contributed by atoms with E-state index in [-0.39, 0.29) is 12.2 Å². The fourth-order valence-electron chi connectivity index (χ4n) is 3.98. The third-order valence-electron chi connectivity index (χ3n) is 5.67. The van der Waals surface area contributed by atoms with Crippen molar-refractivity contribution in [2.24, 2.45) is 4.99 Å². The summed E-state index contributed by atoms with van der Waals surface area (Å²) in [6.07, 6.45) is 3.86. The molecule has 0 amide bonds. The van der Waals surface area contributed by atoms with Crippen LogP contribution in [0.3, 0.4) is 0 Å². The Morgan fingerprint density at radius 1 is 1.17 bits per heavy atom. The molecule has 0 saturated heterocycles. The Balaban J connectivity index is 1.96. The Morgan fingerprint density at radius 2 is 1.91 bits per heavy atom. The summed E-state index contributed by atoms with van der Waals surface area (Å²) in [5.41, 5.74) is 2.12. The minimum Gasteiger partial charge on any atom is -0.497 e. The van der Waals surface area contributed by atoms with Gasteiger partial charge in [0.2, 0.25) is 0 Å². The first-order valence-corrected chi connectivity index (χ1v) is 13.0. The lowest BCUT2D eigenvalue weighted by Gasteiger charge is -2.26. The van der Waals surface area contributed by atoms with Crippen LogP contribution in [0.25, 0.3) is 6.08 Å². The van der Waals surface area contributed by atoms with Crippen molar-refractivity contribution >= 4 is 35.1 Å². The van der Waals surface area contributed by atoms with Gasteiger partial charge in [0, 0.05) is 16.5 Å². The Hall–Kier alpha value is -3.30. The number of esters is 1. The molecule has 2 heterocycles. The van der Waals surface area contributed by atoms with E-state index in [2.05, 4.69) is 4.99 Å². The second-order valence-corrected chi connectivity index (χ2v) is 9.57. The second kappa shape index (κ2) is 10.5. The van der Waals surface area contributed by atoms with Crippen LogP contribution < -0.4 is 24.4 Å². The van der Waals surface area contributed by atoms with E-state index in [1.165, 1.54) is 11.3 Å². The number of thiazole rings is 1. The monoisotopic (exact) mass is 510 g/mol. The predicted molar refractivity (Wildman–Crippen MR) is 138 cm³/mol. The van der Waals surface area contributed by atoms with Gasteiger partial charge in [-0.1, -0.05) is 23.5 Å². The van der Waals surface area contributed by atoms with Crippen LogP contribution in [-0.2, 0) is 9.53 Å². The Labute approximate surface area is 211 Å². The minimum absolute atomic E-state index is 0.207. The summed E-state index contributed by atoms with van der Waals surface area (Å²) < 4.78 is 18.4. The average Bonchev–Trinajstić information content (AvgIpc) is 3.17. The highest BCUT2D eigenvalue weighted by molar-refractivity contribution is 7.98. The third kappa shape index (κ3) is 4.78. The molecule has 1 aliphatic rings. The largest absolute Gasteiger partial charge is 0.497 e. The molecule has 0 N–H and O–H groups in total. The molecule has 0 saturated carbocycles. The highest BCUT2D eigenvalue weighted by Crippen LogP contribution is 2.37. The highest BCUT2D eigenvalue weighted by atomic mass is 32.2. The van der Waals surface area contributed by atoms with Gasteiger partial charge < -0.3 is 14.2 Å². The molecular formula is C26H26N2O5S2. The van der Waals surface area contributed by atoms with Crippen molar-refractivity contribution in [3.05, 3.63) is 84.5 Å². The first-order valence-electron chi connectivity index (χ1n) is 11.0. The zero-order valence-electron chi connectivity index (χ0n) is 20.2. The van der Waals surface area contributed by atoms with Crippen molar-refractivity contribution in [3.63, 3.8) is 0 Å². The van der Waals surface area contributed by atoms with Gasteiger partial charge in [0.15, 0.2) is 4.80 Å². The van der Waals surface area contributed by atoms with Gasteiger partial charge in [0.25, 0.3) is 5.56 Å². The van der Waals surface area contributed by atoms with Gasteiger partial charge in [-0.05, 0) is 56.0 Å². The quantitative estimate of drug-likeness (QED) is 0.357. The summed E-state index contributed by atoms with van der Waals surface area (Å²) >= 11 is 2.95. The van der Waals surface area contributed by atoms with E-state index in [9.17, 15) is 9.59 Å². The summed E-state index contributed by atoms with van der Waals surface area (Å²) in [6.45, 7) is 3.71. The number of aromatic nitrogens is 1. The number of carbonyl (C=O) groups excluding carboxylic acids is 1. The standard InChI is InChI=1S/C26H26N2O5S2/c1-6-33-25(30)22-15(2)27-26-28(23(22)19-12-9-17(31-3)14-20(19)32-4)24(29)21(35-26)13-16-7-10-18(34-5)11-8-16/h7-14,23H,6H2,1-5H3/b21-13-/t23-/m1/s1. The number of nitrogens with zero attached hydrogens (tertiary/aromatic N) is 2. The number of allylic oxidation sites excluding steroid dienone is 1. The Kier molecular flexibility index (Phi) is 7.47. The van der Waals surface area contributed by atoms with Crippen LogP contribution in [0.1, 0.15) is 31.0 Å². The van der Waals surface area contributed by atoms with Gasteiger partial charge in [0.1, 0.15) is 17.5 Å². The maximum absolute atomic E-state index is 13.7. The molecule has 0 spiro atoms. The molecule has 0 radical (unpaired) electrons. The summed E-state index contributed by atoms with van der Waals surface area (Å²) in [5.74, 6) is 0.580. The van der Waals surface area contributed by atoms with Gasteiger partial charge >= 0.3 is 5.97 Å². The number of hydrogen-bond donors (Lipinski definition) is 0. The lowest BCUT2D eigenvalue weighted by Crippen LogP contribution is -2.40. The molecule has 1 aromatic heterocycles. The number of rotatable bonds is 7. The van der Waals surface area contributed by atoms with E-state index in [0.29, 0.717) is 37.7 Å². The third-order valence-corrected chi connectivity index (χ3v) is 7.39. The number of benzene rings is 2. The molecule has 0 aliphatic carbocycles. The molecule has 35 heavy (non-hydrogen) atoms. The van der Waals surface area contributed by atoms with Crippen LogP contribution in [0, 0.1) is 0 Å².